The third-order valence-corrected chi connectivity index (χ3v) is 3.99. The number of nitrogens with zero attached hydrogens (tertiary/aromatic N) is 2. The third-order valence-electron chi connectivity index (χ3n) is 3.99. The van der Waals surface area contributed by atoms with Crippen molar-refractivity contribution in [3.8, 4) is 11.3 Å². The van der Waals surface area contributed by atoms with E-state index >= 15 is 0 Å². The SMILES string of the molecule is CC(C)=NNC(=O)c1ccccc1NC(=O)c1ccc(-c2ccc([N+](=O)[O-])cc2)o1. The Bertz CT molecular complexity index is 1130. The number of furan rings is 1. The summed E-state index contributed by atoms with van der Waals surface area (Å²) in [6.45, 7) is 3.49. The van der Waals surface area contributed by atoms with Crippen LogP contribution in [0.5, 0.6) is 0 Å². The number of rotatable bonds is 6. The van der Waals surface area contributed by atoms with E-state index in [0.29, 0.717) is 22.7 Å². The molecule has 0 saturated carbocycles. The maximum atomic E-state index is 12.6. The Kier molecular flexibility index (Phi) is 6.02. The highest BCUT2D eigenvalue weighted by molar-refractivity contribution is 6.08. The molecule has 0 spiro atoms. The number of carbonyl (C=O) groups is 2. The Morgan fingerprint density at radius 2 is 1.67 bits per heavy atom. The average Bonchev–Trinajstić information content (AvgIpc) is 3.23. The molecule has 3 aromatic rings. The van der Waals surface area contributed by atoms with Crippen LogP contribution in [0.3, 0.4) is 0 Å². The lowest BCUT2D eigenvalue weighted by atomic mass is 10.1. The molecular formula is C21H18N4O5. The fourth-order valence-electron chi connectivity index (χ4n) is 2.56. The van der Waals surface area contributed by atoms with Gasteiger partial charge in [-0.05, 0) is 50.2 Å². The van der Waals surface area contributed by atoms with Gasteiger partial charge in [0, 0.05) is 23.4 Å². The van der Waals surface area contributed by atoms with Gasteiger partial charge in [-0.2, -0.15) is 5.10 Å². The van der Waals surface area contributed by atoms with Gasteiger partial charge in [-0.25, -0.2) is 5.43 Å². The molecule has 1 heterocycles. The molecule has 0 aliphatic heterocycles. The molecular weight excluding hydrogens is 388 g/mol. The molecule has 2 aromatic carbocycles. The number of hydrogen-bond donors (Lipinski definition) is 2. The van der Waals surface area contributed by atoms with Crippen molar-refractivity contribution in [3.63, 3.8) is 0 Å². The second kappa shape index (κ2) is 8.82. The third kappa shape index (κ3) is 4.76. The Morgan fingerprint density at radius 3 is 2.33 bits per heavy atom. The van der Waals surface area contributed by atoms with Crippen molar-refractivity contribution in [3.05, 3.63) is 82.1 Å². The lowest BCUT2D eigenvalue weighted by molar-refractivity contribution is -0.384. The number of nitro benzene ring substituents is 1. The minimum absolute atomic E-state index is 0.0287. The number of hydrazone groups is 1. The van der Waals surface area contributed by atoms with Crippen LogP contribution in [0.25, 0.3) is 11.3 Å². The summed E-state index contributed by atoms with van der Waals surface area (Å²) >= 11 is 0. The van der Waals surface area contributed by atoms with Crippen LogP contribution in [0, 0.1) is 10.1 Å². The number of carbonyl (C=O) groups excluding carboxylic acids is 2. The van der Waals surface area contributed by atoms with Crippen LogP contribution < -0.4 is 10.7 Å². The van der Waals surface area contributed by atoms with Crippen LogP contribution in [0.15, 0.2) is 70.2 Å². The van der Waals surface area contributed by atoms with Crippen molar-refractivity contribution in [1.82, 2.24) is 5.43 Å². The minimum atomic E-state index is -0.543. The van der Waals surface area contributed by atoms with E-state index in [0.717, 1.165) is 0 Å². The molecule has 2 N–H and O–H groups in total. The molecule has 30 heavy (non-hydrogen) atoms. The first-order valence-electron chi connectivity index (χ1n) is 8.91. The minimum Gasteiger partial charge on any atom is -0.451 e. The fraction of sp³-hybridized carbons (Fsp3) is 0.0952. The van der Waals surface area contributed by atoms with E-state index in [1.807, 2.05) is 0 Å². The van der Waals surface area contributed by atoms with Crippen molar-refractivity contribution in [1.29, 1.82) is 0 Å². The first-order chi connectivity index (χ1) is 14.3. The molecule has 9 heteroatoms. The number of nitrogens with one attached hydrogen (secondary N) is 2. The van der Waals surface area contributed by atoms with E-state index in [1.54, 1.807) is 44.2 Å². The molecule has 0 aliphatic rings. The first kappa shape index (κ1) is 20.5. The Hall–Kier alpha value is -4.27. The predicted octanol–water partition coefficient (Wildman–Crippen LogP) is 4.23. The zero-order chi connectivity index (χ0) is 21.7. The summed E-state index contributed by atoms with van der Waals surface area (Å²) in [7, 11) is 0. The number of non-ortho nitro benzene ring substituents is 1. The standard InChI is InChI=1S/C21H18N4O5/c1-13(2)23-24-20(26)16-5-3-4-6-17(16)22-21(27)19-12-11-18(30-19)14-7-9-15(10-8-14)25(28)29/h3-12H,1-2H3,(H,22,27)(H,24,26). The smallest absolute Gasteiger partial charge is 0.291 e. The maximum Gasteiger partial charge on any atom is 0.291 e. The molecule has 2 amide bonds. The van der Waals surface area contributed by atoms with Gasteiger partial charge in [0.2, 0.25) is 0 Å². The van der Waals surface area contributed by atoms with Gasteiger partial charge < -0.3 is 9.73 Å². The molecule has 9 nitrogen and oxygen atoms in total. The molecule has 0 bridgehead atoms. The monoisotopic (exact) mass is 406 g/mol. The van der Waals surface area contributed by atoms with Gasteiger partial charge in [0.25, 0.3) is 17.5 Å². The summed E-state index contributed by atoms with van der Waals surface area (Å²) in [4.78, 5) is 35.2. The number of nitro groups is 1. The quantitative estimate of drug-likeness (QED) is 0.360. The summed E-state index contributed by atoms with van der Waals surface area (Å²) in [6.07, 6.45) is 0. The van der Waals surface area contributed by atoms with E-state index in [9.17, 15) is 19.7 Å². The molecule has 3 rings (SSSR count). The summed E-state index contributed by atoms with van der Waals surface area (Å²) in [6, 6.07) is 15.4. The molecule has 0 atom stereocenters. The van der Waals surface area contributed by atoms with E-state index in [1.165, 1.54) is 30.3 Å². The zero-order valence-corrected chi connectivity index (χ0v) is 16.2. The van der Waals surface area contributed by atoms with Crippen molar-refractivity contribution >= 4 is 28.9 Å². The van der Waals surface area contributed by atoms with E-state index in [-0.39, 0.29) is 17.0 Å². The number of hydrogen-bond acceptors (Lipinski definition) is 6. The van der Waals surface area contributed by atoms with E-state index < -0.39 is 16.7 Å². The second-order valence-corrected chi connectivity index (χ2v) is 6.47. The van der Waals surface area contributed by atoms with Gasteiger partial charge in [-0.3, -0.25) is 19.7 Å². The first-order valence-corrected chi connectivity index (χ1v) is 8.91. The molecule has 1 aromatic heterocycles. The highest BCUT2D eigenvalue weighted by Gasteiger charge is 2.17. The largest absolute Gasteiger partial charge is 0.451 e. The van der Waals surface area contributed by atoms with Crippen LogP contribution in [0.4, 0.5) is 11.4 Å². The normalized spacial score (nSPS) is 10.2. The number of anilines is 1. The molecule has 0 aliphatic carbocycles. The van der Waals surface area contributed by atoms with Crippen molar-refractivity contribution in [2.75, 3.05) is 5.32 Å². The molecule has 0 unspecified atom stereocenters. The van der Waals surface area contributed by atoms with E-state index in [4.69, 9.17) is 4.42 Å². The van der Waals surface area contributed by atoms with Crippen molar-refractivity contribution < 1.29 is 18.9 Å². The highest BCUT2D eigenvalue weighted by atomic mass is 16.6. The Morgan fingerprint density at radius 1 is 0.967 bits per heavy atom. The Balaban J connectivity index is 1.77. The lowest BCUT2D eigenvalue weighted by Crippen LogP contribution is -2.21. The van der Waals surface area contributed by atoms with Crippen molar-refractivity contribution in [2.24, 2.45) is 5.10 Å². The van der Waals surface area contributed by atoms with Gasteiger partial charge in [0.05, 0.1) is 16.2 Å². The topological polar surface area (TPSA) is 127 Å². The number of para-hydroxylation sites is 1. The van der Waals surface area contributed by atoms with Gasteiger partial charge in [-0.1, -0.05) is 12.1 Å². The molecule has 0 fully saturated rings. The van der Waals surface area contributed by atoms with Crippen LogP contribution in [-0.4, -0.2) is 22.4 Å². The highest BCUT2D eigenvalue weighted by Crippen LogP contribution is 2.25. The fourth-order valence-corrected chi connectivity index (χ4v) is 2.56. The van der Waals surface area contributed by atoms with Gasteiger partial charge >= 0.3 is 0 Å². The Labute approximate surface area is 171 Å². The van der Waals surface area contributed by atoms with Gasteiger partial charge in [-0.15, -0.1) is 0 Å². The summed E-state index contributed by atoms with van der Waals surface area (Å²) in [5.74, 6) is -0.591. The van der Waals surface area contributed by atoms with Gasteiger partial charge in [0.1, 0.15) is 5.76 Å². The zero-order valence-electron chi connectivity index (χ0n) is 16.2. The van der Waals surface area contributed by atoms with Crippen LogP contribution in [0.2, 0.25) is 0 Å². The summed E-state index contributed by atoms with van der Waals surface area (Å²) in [5, 5.41) is 17.3. The number of benzene rings is 2. The van der Waals surface area contributed by atoms with E-state index in [2.05, 4.69) is 15.8 Å². The number of amides is 2. The molecule has 152 valence electrons. The summed E-state index contributed by atoms with van der Waals surface area (Å²) in [5.41, 5.74) is 4.20. The van der Waals surface area contributed by atoms with Crippen LogP contribution in [-0.2, 0) is 0 Å². The van der Waals surface area contributed by atoms with Crippen LogP contribution >= 0.6 is 0 Å². The predicted molar refractivity (Wildman–Crippen MR) is 111 cm³/mol. The van der Waals surface area contributed by atoms with Crippen molar-refractivity contribution in [2.45, 2.75) is 13.8 Å². The second-order valence-electron chi connectivity index (χ2n) is 6.47. The average molecular weight is 406 g/mol. The summed E-state index contributed by atoms with van der Waals surface area (Å²) < 4.78 is 5.58. The van der Waals surface area contributed by atoms with Gasteiger partial charge in [0.15, 0.2) is 5.76 Å². The maximum absolute atomic E-state index is 12.6. The molecule has 0 radical (unpaired) electrons. The lowest BCUT2D eigenvalue weighted by Gasteiger charge is -2.09. The molecule has 0 saturated heterocycles. The van der Waals surface area contributed by atoms with Crippen LogP contribution in [0.1, 0.15) is 34.8 Å².